The van der Waals surface area contributed by atoms with Crippen LogP contribution in [0, 0.1) is 0 Å². The van der Waals surface area contributed by atoms with Crippen molar-refractivity contribution in [2.24, 2.45) is 0 Å². The predicted octanol–water partition coefficient (Wildman–Crippen LogP) is 2.43. The van der Waals surface area contributed by atoms with Crippen LogP contribution in [0.25, 0.3) is 11.0 Å². The number of aromatic nitrogens is 3. The number of aromatic amines is 1. The molecule has 0 unspecified atom stereocenters. The standard InChI is InChI=1S/C25H27N5O4/c1-2-29-22-21(24(33)28-25(29)34)18(13-19(27-22)16-9-10-16)23(32)26-14-15-6-5-7-17(12-15)30-11-4-3-8-20(30)31/h5-7,12-13,16H,2-4,8-11,14H2,1H3,(H,26,32)(H,28,33,34). The second-order valence-electron chi connectivity index (χ2n) is 8.93. The number of nitrogens with one attached hydrogen (secondary N) is 2. The molecule has 9 nitrogen and oxygen atoms in total. The molecule has 3 heterocycles. The lowest BCUT2D eigenvalue weighted by Crippen LogP contribution is -2.35. The van der Waals surface area contributed by atoms with E-state index in [4.69, 9.17) is 0 Å². The first-order valence-electron chi connectivity index (χ1n) is 11.8. The SMILES string of the molecule is CCn1c(=O)[nH]c(=O)c2c(C(=O)NCc3cccc(N4CCCCC4=O)c3)cc(C3CC3)nc21. The third-order valence-corrected chi connectivity index (χ3v) is 6.52. The Morgan fingerprint density at radius 1 is 1.18 bits per heavy atom. The minimum absolute atomic E-state index is 0.115. The maximum Gasteiger partial charge on any atom is 0.329 e. The fourth-order valence-electron chi connectivity index (χ4n) is 4.54. The number of hydrogen-bond acceptors (Lipinski definition) is 5. The summed E-state index contributed by atoms with van der Waals surface area (Å²) in [5.41, 5.74) is 1.73. The molecule has 2 aliphatic rings. The average Bonchev–Trinajstić information content (AvgIpc) is 3.68. The van der Waals surface area contributed by atoms with Gasteiger partial charge in [0.05, 0.1) is 10.9 Å². The highest BCUT2D eigenvalue weighted by Crippen LogP contribution is 2.39. The van der Waals surface area contributed by atoms with Crippen molar-refractivity contribution in [2.45, 2.75) is 58.0 Å². The van der Waals surface area contributed by atoms with Crippen molar-refractivity contribution < 1.29 is 9.59 Å². The number of rotatable bonds is 6. The smallest absolute Gasteiger partial charge is 0.329 e. The highest BCUT2D eigenvalue weighted by atomic mass is 16.2. The van der Waals surface area contributed by atoms with Crippen molar-refractivity contribution >= 4 is 28.5 Å². The van der Waals surface area contributed by atoms with Crippen molar-refractivity contribution in [3.63, 3.8) is 0 Å². The van der Waals surface area contributed by atoms with Gasteiger partial charge in [-0.2, -0.15) is 0 Å². The van der Waals surface area contributed by atoms with Crippen LogP contribution in [-0.4, -0.2) is 32.9 Å². The summed E-state index contributed by atoms with van der Waals surface area (Å²) in [6.45, 7) is 3.06. The molecule has 2 amide bonds. The van der Waals surface area contributed by atoms with Gasteiger partial charge < -0.3 is 10.2 Å². The maximum absolute atomic E-state index is 13.3. The van der Waals surface area contributed by atoms with Gasteiger partial charge >= 0.3 is 5.69 Å². The van der Waals surface area contributed by atoms with Crippen molar-refractivity contribution in [1.82, 2.24) is 19.9 Å². The molecule has 0 radical (unpaired) electrons. The summed E-state index contributed by atoms with van der Waals surface area (Å²) >= 11 is 0. The molecule has 1 aliphatic heterocycles. The lowest BCUT2D eigenvalue weighted by molar-refractivity contribution is -0.119. The van der Waals surface area contributed by atoms with E-state index in [1.807, 2.05) is 24.3 Å². The fourth-order valence-corrected chi connectivity index (χ4v) is 4.54. The van der Waals surface area contributed by atoms with Crippen molar-refractivity contribution in [1.29, 1.82) is 0 Å². The summed E-state index contributed by atoms with van der Waals surface area (Å²) in [5.74, 6) is -0.0422. The molecule has 176 valence electrons. The van der Waals surface area contributed by atoms with E-state index in [9.17, 15) is 19.2 Å². The maximum atomic E-state index is 13.3. The van der Waals surface area contributed by atoms with Gasteiger partial charge in [0.15, 0.2) is 5.65 Å². The largest absolute Gasteiger partial charge is 0.348 e. The summed E-state index contributed by atoms with van der Waals surface area (Å²) in [5, 5.41) is 3.03. The van der Waals surface area contributed by atoms with Crippen molar-refractivity contribution in [3.05, 3.63) is 68.0 Å². The summed E-state index contributed by atoms with van der Waals surface area (Å²) in [7, 11) is 0. The zero-order chi connectivity index (χ0) is 23.8. The second kappa shape index (κ2) is 8.89. The first kappa shape index (κ1) is 22.1. The van der Waals surface area contributed by atoms with Crippen LogP contribution in [0.2, 0.25) is 0 Å². The number of H-pyrrole nitrogens is 1. The Labute approximate surface area is 195 Å². The van der Waals surface area contributed by atoms with Crippen LogP contribution in [-0.2, 0) is 17.9 Å². The predicted molar refractivity (Wildman–Crippen MR) is 128 cm³/mol. The van der Waals surface area contributed by atoms with Crippen LogP contribution in [0.5, 0.6) is 0 Å². The van der Waals surface area contributed by atoms with Crippen molar-refractivity contribution in [2.75, 3.05) is 11.4 Å². The number of aryl methyl sites for hydroxylation is 1. The molecule has 9 heteroatoms. The van der Waals surface area contributed by atoms with Gasteiger partial charge in [-0.1, -0.05) is 12.1 Å². The molecule has 0 atom stereocenters. The van der Waals surface area contributed by atoms with Gasteiger partial charge in [0.2, 0.25) is 5.91 Å². The van der Waals surface area contributed by atoms with Gasteiger partial charge in [0.1, 0.15) is 0 Å². The van der Waals surface area contributed by atoms with Crippen LogP contribution in [0.15, 0.2) is 39.9 Å². The van der Waals surface area contributed by atoms with E-state index < -0.39 is 17.2 Å². The zero-order valence-electron chi connectivity index (χ0n) is 19.1. The molecular formula is C25H27N5O4. The van der Waals surface area contributed by atoms with Gasteiger partial charge in [-0.05, 0) is 56.4 Å². The quantitative estimate of drug-likeness (QED) is 0.585. The normalized spacial score (nSPS) is 16.1. The first-order chi connectivity index (χ1) is 16.5. The molecule has 0 bridgehead atoms. The number of fused-ring (bicyclic) bond motifs is 1. The highest BCUT2D eigenvalue weighted by molar-refractivity contribution is 6.05. The van der Waals surface area contributed by atoms with Gasteiger partial charge in [-0.3, -0.25) is 23.9 Å². The molecule has 2 aromatic heterocycles. The van der Waals surface area contributed by atoms with Crippen molar-refractivity contribution in [3.8, 4) is 0 Å². The van der Waals surface area contributed by atoms with E-state index >= 15 is 0 Å². The third kappa shape index (κ3) is 4.13. The second-order valence-corrected chi connectivity index (χ2v) is 8.93. The Morgan fingerprint density at radius 2 is 2.00 bits per heavy atom. The number of carbonyl (C=O) groups excluding carboxylic acids is 2. The number of benzene rings is 1. The molecule has 5 rings (SSSR count). The van der Waals surface area contributed by atoms with Crippen LogP contribution in [0.4, 0.5) is 5.69 Å². The molecule has 2 fully saturated rings. The molecular weight excluding hydrogens is 434 g/mol. The molecule has 1 aliphatic carbocycles. The topological polar surface area (TPSA) is 117 Å². The molecule has 34 heavy (non-hydrogen) atoms. The number of carbonyl (C=O) groups is 2. The molecule has 0 spiro atoms. The summed E-state index contributed by atoms with van der Waals surface area (Å²) in [4.78, 5) is 59.2. The number of piperidine rings is 1. The molecule has 3 aromatic rings. The Kier molecular flexibility index (Phi) is 5.77. The van der Waals surface area contributed by atoms with Crippen LogP contribution in [0.3, 0.4) is 0 Å². The third-order valence-electron chi connectivity index (χ3n) is 6.52. The lowest BCUT2D eigenvalue weighted by atomic mass is 10.1. The Morgan fingerprint density at radius 3 is 2.74 bits per heavy atom. The van der Waals surface area contributed by atoms with E-state index in [0.29, 0.717) is 19.5 Å². The Hall–Kier alpha value is -3.75. The minimum Gasteiger partial charge on any atom is -0.348 e. The first-order valence-corrected chi connectivity index (χ1v) is 11.8. The molecule has 1 aromatic carbocycles. The monoisotopic (exact) mass is 461 g/mol. The van der Waals surface area contributed by atoms with Crippen LogP contribution < -0.4 is 21.5 Å². The average molecular weight is 462 g/mol. The highest BCUT2D eigenvalue weighted by Gasteiger charge is 2.28. The van der Waals surface area contributed by atoms with E-state index in [1.54, 1.807) is 17.9 Å². The Bertz CT molecular complexity index is 1400. The van der Waals surface area contributed by atoms with Crippen LogP contribution in [0.1, 0.15) is 66.6 Å². The summed E-state index contributed by atoms with van der Waals surface area (Å²) < 4.78 is 1.39. The van der Waals surface area contributed by atoms with Gasteiger partial charge in [-0.25, -0.2) is 9.78 Å². The lowest BCUT2D eigenvalue weighted by Gasteiger charge is -2.27. The number of anilines is 1. The summed E-state index contributed by atoms with van der Waals surface area (Å²) in [6, 6.07) is 9.25. The van der Waals surface area contributed by atoms with E-state index in [-0.39, 0.29) is 35.0 Å². The molecule has 1 saturated heterocycles. The number of nitrogens with zero attached hydrogens (tertiary/aromatic N) is 3. The number of hydrogen-bond donors (Lipinski definition) is 2. The zero-order valence-corrected chi connectivity index (χ0v) is 19.1. The van der Waals surface area contributed by atoms with E-state index in [2.05, 4.69) is 15.3 Å². The van der Waals surface area contributed by atoms with Gasteiger partial charge in [-0.15, -0.1) is 0 Å². The fraction of sp³-hybridized carbons (Fsp3) is 0.400. The van der Waals surface area contributed by atoms with Gasteiger partial charge in [0, 0.05) is 43.4 Å². The van der Waals surface area contributed by atoms with E-state index in [0.717, 1.165) is 42.6 Å². The van der Waals surface area contributed by atoms with Gasteiger partial charge in [0.25, 0.3) is 11.5 Å². The van der Waals surface area contributed by atoms with Crippen LogP contribution >= 0.6 is 0 Å². The van der Waals surface area contributed by atoms with E-state index in [1.165, 1.54) is 4.57 Å². The number of amides is 2. The molecule has 1 saturated carbocycles. The minimum atomic E-state index is -0.615. The molecule has 2 N–H and O–H groups in total. The Balaban J connectivity index is 1.45. The number of pyridine rings is 1. The summed E-state index contributed by atoms with van der Waals surface area (Å²) in [6.07, 6.45) is 4.39.